The minimum absolute atomic E-state index is 0.0581. The zero-order chi connectivity index (χ0) is 34.4. The Morgan fingerprint density at radius 1 is 0.469 bits per heavy atom. The van der Waals surface area contributed by atoms with E-state index in [1.54, 1.807) is 121 Å². The number of imide groups is 2. The van der Waals surface area contributed by atoms with Gasteiger partial charge in [0.05, 0.1) is 0 Å². The van der Waals surface area contributed by atoms with Crippen LogP contribution in [0.5, 0.6) is 0 Å². The van der Waals surface area contributed by atoms with Crippen molar-refractivity contribution in [1.29, 1.82) is 0 Å². The topological polar surface area (TPSA) is 127 Å². The Morgan fingerprint density at radius 2 is 0.755 bits per heavy atom. The number of hydrogen-bond acceptors (Lipinski definition) is 8. The van der Waals surface area contributed by atoms with Gasteiger partial charge in [-0.3, -0.25) is 0 Å². The minimum atomic E-state index is -5.57. The first-order valence-corrected chi connectivity index (χ1v) is 20.7. The van der Waals surface area contributed by atoms with Crippen molar-refractivity contribution in [2.45, 2.75) is 24.9 Å². The summed E-state index contributed by atoms with van der Waals surface area (Å²) in [6.07, 6.45) is 4.24. The first-order valence-electron chi connectivity index (χ1n) is 15.5. The molecule has 0 aromatic heterocycles. The fourth-order valence-corrected chi connectivity index (χ4v) is 14.2. The molecule has 0 saturated carbocycles. The molecule has 4 amide bonds. The van der Waals surface area contributed by atoms with Crippen molar-refractivity contribution in [3.05, 3.63) is 157 Å². The van der Waals surface area contributed by atoms with E-state index in [-0.39, 0.29) is 12.8 Å². The molecule has 2 aliphatic heterocycles. The molecule has 0 radical (unpaired) electrons. The molecule has 244 valence electrons. The van der Waals surface area contributed by atoms with Crippen LogP contribution in [0.1, 0.15) is 11.1 Å². The maximum atomic E-state index is 14.5. The molecule has 2 aliphatic rings. The second-order valence-corrected chi connectivity index (χ2v) is 19.3. The first kappa shape index (κ1) is 33.3. The van der Waals surface area contributed by atoms with E-state index in [0.717, 1.165) is 34.1 Å². The van der Waals surface area contributed by atoms with Crippen molar-refractivity contribution in [1.82, 2.24) is 9.80 Å². The van der Waals surface area contributed by atoms with Gasteiger partial charge >= 0.3 is 288 Å². The normalized spacial score (nSPS) is 15.4. The molecule has 0 saturated heterocycles. The molecule has 4 aromatic carbocycles. The summed E-state index contributed by atoms with van der Waals surface area (Å²) in [6, 6.07) is 32.0. The van der Waals surface area contributed by atoms with Crippen LogP contribution in [0.3, 0.4) is 0 Å². The van der Waals surface area contributed by atoms with Gasteiger partial charge in [0.1, 0.15) is 0 Å². The fourth-order valence-electron chi connectivity index (χ4n) is 5.83. The average molecular weight is 761 g/mol. The predicted molar refractivity (Wildman–Crippen MR) is 180 cm³/mol. The average Bonchev–Trinajstić information content (AvgIpc) is 3.65. The van der Waals surface area contributed by atoms with Crippen LogP contribution in [0.4, 0.5) is 0 Å². The summed E-state index contributed by atoms with van der Waals surface area (Å²) in [5.74, 6) is -4.60. The summed E-state index contributed by atoms with van der Waals surface area (Å²) >= 11 is -5.57. The number of carbonyl (C=O) groups excluding carboxylic acids is 6. The first-order chi connectivity index (χ1) is 23.8. The standard InChI is InChI=1S/2C13H11NO4.2C6H5.Sn/c2*15-11-6-7-12(16)14(11)10(13(17)18)8-9-4-2-1-3-5-9;2*1-2-4-6-5-3-1;/h2*1-7,10H,8H2,(H,17,18);2*1-5H;/q;;;;+2/p-2. The monoisotopic (exact) mass is 762 g/mol. The molecule has 10 nitrogen and oxygen atoms in total. The molecule has 2 atom stereocenters. The van der Waals surface area contributed by atoms with E-state index in [1.165, 1.54) is 0 Å². The van der Waals surface area contributed by atoms with E-state index < -0.39 is 66.9 Å². The van der Waals surface area contributed by atoms with Gasteiger partial charge in [-0.15, -0.1) is 0 Å². The van der Waals surface area contributed by atoms with Crippen LogP contribution in [0, 0.1) is 0 Å². The van der Waals surface area contributed by atoms with Crippen molar-refractivity contribution in [3.63, 3.8) is 0 Å². The van der Waals surface area contributed by atoms with Crippen molar-refractivity contribution < 1.29 is 34.9 Å². The van der Waals surface area contributed by atoms with E-state index in [0.29, 0.717) is 18.3 Å². The number of nitrogens with zero attached hydrogens (tertiary/aromatic N) is 2. The van der Waals surface area contributed by atoms with Gasteiger partial charge in [-0.05, 0) is 0 Å². The Kier molecular flexibility index (Phi) is 9.95. The zero-order valence-corrected chi connectivity index (χ0v) is 28.9. The van der Waals surface area contributed by atoms with Gasteiger partial charge in [0, 0.05) is 0 Å². The van der Waals surface area contributed by atoms with Gasteiger partial charge in [0.15, 0.2) is 0 Å². The van der Waals surface area contributed by atoms with E-state index >= 15 is 0 Å². The number of rotatable bonds is 12. The van der Waals surface area contributed by atoms with Gasteiger partial charge in [0.2, 0.25) is 0 Å². The molecule has 0 N–H and O–H groups in total. The summed E-state index contributed by atoms with van der Waals surface area (Å²) in [5, 5.41) is 0. The van der Waals surface area contributed by atoms with Gasteiger partial charge in [-0.25, -0.2) is 0 Å². The predicted octanol–water partition coefficient (Wildman–Crippen LogP) is 2.40. The summed E-state index contributed by atoms with van der Waals surface area (Å²) in [7, 11) is 0. The van der Waals surface area contributed by atoms with Crippen LogP contribution in [-0.2, 0) is 47.8 Å². The zero-order valence-electron chi connectivity index (χ0n) is 26.1. The number of amides is 4. The summed E-state index contributed by atoms with van der Waals surface area (Å²) in [6.45, 7) is 0. The van der Waals surface area contributed by atoms with Gasteiger partial charge in [0.25, 0.3) is 0 Å². The molecule has 4 aromatic rings. The molecule has 0 spiro atoms. The van der Waals surface area contributed by atoms with Crippen LogP contribution in [0.15, 0.2) is 146 Å². The van der Waals surface area contributed by atoms with E-state index in [2.05, 4.69) is 0 Å². The van der Waals surface area contributed by atoms with Crippen molar-refractivity contribution in [2.75, 3.05) is 0 Å². The Balaban J connectivity index is 1.46. The third kappa shape index (κ3) is 7.14. The van der Waals surface area contributed by atoms with E-state index in [1.807, 2.05) is 0 Å². The number of hydrogen-bond donors (Lipinski definition) is 0. The molecular formula is C38H30N2O8Sn. The third-order valence-corrected chi connectivity index (χ3v) is 17.2. The molecule has 11 heteroatoms. The van der Waals surface area contributed by atoms with Crippen LogP contribution >= 0.6 is 0 Å². The molecule has 2 unspecified atom stereocenters. The quantitative estimate of drug-likeness (QED) is 0.159. The summed E-state index contributed by atoms with van der Waals surface area (Å²) in [4.78, 5) is 82.5. The van der Waals surface area contributed by atoms with Crippen LogP contribution in [-0.4, -0.2) is 76.7 Å². The molecule has 6 rings (SSSR count). The molecule has 49 heavy (non-hydrogen) atoms. The van der Waals surface area contributed by atoms with Crippen LogP contribution in [0.25, 0.3) is 0 Å². The van der Waals surface area contributed by atoms with E-state index in [9.17, 15) is 28.8 Å². The molecule has 0 bridgehead atoms. The van der Waals surface area contributed by atoms with Crippen molar-refractivity contribution in [2.24, 2.45) is 0 Å². The van der Waals surface area contributed by atoms with Gasteiger partial charge in [-0.2, -0.15) is 0 Å². The Hall–Kier alpha value is -5.62. The van der Waals surface area contributed by atoms with Crippen LogP contribution in [0.2, 0.25) is 0 Å². The molecular weight excluding hydrogens is 731 g/mol. The SMILES string of the molecule is O=C([O][Sn]([O]C(=O)C(Cc1ccccc1)N1C(=O)C=CC1=O)([c]1ccccc1)[c]1ccccc1)C(Cc1ccccc1)N1C(=O)C=CC1=O. The number of benzene rings is 4. The third-order valence-electron chi connectivity index (χ3n) is 8.19. The van der Waals surface area contributed by atoms with E-state index in [4.69, 9.17) is 6.15 Å². The second-order valence-electron chi connectivity index (χ2n) is 11.4. The summed E-state index contributed by atoms with van der Waals surface area (Å²) in [5.41, 5.74) is 1.33. The van der Waals surface area contributed by atoms with Gasteiger partial charge < -0.3 is 0 Å². The Labute approximate surface area is 287 Å². The fraction of sp³-hybridized carbons (Fsp3) is 0.105. The molecule has 2 heterocycles. The van der Waals surface area contributed by atoms with Crippen LogP contribution < -0.4 is 7.16 Å². The second kappa shape index (κ2) is 14.6. The van der Waals surface area contributed by atoms with Gasteiger partial charge in [-0.1, -0.05) is 0 Å². The number of carbonyl (C=O) groups is 6. The van der Waals surface area contributed by atoms with Crippen molar-refractivity contribution >= 4 is 61.9 Å². The molecule has 0 aliphatic carbocycles. The Bertz CT molecular complexity index is 1770. The maximum absolute atomic E-state index is 14.5. The van der Waals surface area contributed by atoms with Crippen molar-refractivity contribution in [3.8, 4) is 0 Å². The summed E-state index contributed by atoms with van der Waals surface area (Å²) < 4.78 is 13.8. The Morgan fingerprint density at radius 3 is 1.06 bits per heavy atom. The molecule has 0 fully saturated rings.